The van der Waals surface area contributed by atoms with Crippen LogP contribution in [0.1, 0.15) is 24.0 Å². The summed E-state index contributed by atoms with van der Waals surface area (Å²) >= 11 is 3.52. The molecule has 1 atom stereocenters. The number of nitrogens with one attached hydrogen (secondary N) is 1. The van der Waals surface area contributed by atoms with E-state index < -0.39 is 0 Å². The molecule has 1 aliphatic rings. The maximum Gasteiger partial charge on any atom is 0.0178 e. The number of fused-ring (bicyclic) bond motifs is 1. The zero-order valence-corrected chi connectivity index (χ0v) is 9.39. The molecule has 1 unspecified atom stereocenters. The molecule has 70 valence electrons. The molecule has 0 fully saturated rings. The van der Waals surface area contributed by atoms with Crippen LogP contribution in [0.4, 0.5) is 0 Å². The molecule has 13 heavy (non-hydrogen) atoms. The van der Waals surface area contributed by atoms with E-state index in [0.29, 0.717) is 5.92 Å². The van der Waals surface area contributed by atoms with Crippen LogP contribution in [0.2, 0.25) is 0 Å². The summed E-state index contributed by atoms with van der Waals surface area (Å²) in [5, 5.41) is 3.45. The summed E-state index contributed by atoms with van der Waals surface area (Å²) in [7, 11) is 0. The Balaban J connectivity index is 2.42. The largest absolute Gasteiger partial charge is 0.316 e. The van der Waals surface area contributed by atoms with Crippen molar-refractivity contribution in [2.45, 2.75) is 19.3 Å². The number of benzene rings is 1. The minimum Gasteiger partial charge on any atom is -0.316 e. The van der Waals surface area contributed by atoms with Crippen LogP contribution in [0.15, 0.2) is 22.7 Å². The van der Waals surface area contributed by atoms with E-state index in [1.165, 1.54) is 15.6 Å². The van der Waals surface area contributed by atoms with Crippen LogP contribution in [0.25, 0.3) is 0 Å². The van der Waals surface area contributed by atoms with Crippen molar-refractivity contribution < 1.29 is 0 Å². The van der Waals surface area contributed by atoms with Gasteiger partial charge in [-0.25, -0.2) is 0 Å². The molecule has 1 nitrogen and oxygen atoms in total. The highest BCUT2D eigenvalue weighted by atomic mass is 79.9. The third kappa shape index (κ3) is 1.94. The lowest BCUT2D eigenvalue weighted by Gasteiger charge is -2.11. The van der Waals surface area contributed by atoms with Crippen LogP contribution in [0.5, 0.6) is 0 Å². The van der Waals surface area contributed by atoms with Crippen molar-refractivity contribution in [3.63, 3.8) is 0 Å². The van der Waals surface area contributed by atoms with E-state index in [-0.39, 0.29) is 0 Å². The zero-order chi connectivity index (χ0) is 9.26. The van der Waals surface area contributed by atoms with Gasteiger partial charge >= 0.3 is 0 Å². The number of rotatable bonds is 0. The smallest absolute Gasteiger partial charge is 0.0178 e. The van der Waals surface area contributed by atoms with Crippen molar-refractivity contribution in [3.05, 3.63) is 33.8 Å². The van der Waals surface area contributed by atoms with E-state index in [1.807, 2.05) is 0 Å². The summed E-state index contributed by atoms with van der Waals surface area (Å²) < 4.78 is 1.19. The van der Waals surface area contributed by atoms with E-state index in [4.69, 9.17) is 0 Å². The molecule has 0 bridgehead atoms. The standard InChI is InChI=1S/C11H14BrN/c1-8-7-13-5-4-9-6-10(12)2-3-11(8)9/h2-3,6,8,13H,4-5,7H2,1H3. The molecule has 1 aromatic rings. The highest BCUT2D eigenvalue weighted by molar-refractivity contribution is 9.10. The highest BCUT2D eigenvalue weighted by Crippen LogP contribution is 2.25. The summed E-state index contributed by atoms with van der Waals surface area (Å²) in [5.41, 5.74) is 3.00. The van der Waals surface area contributed by atoms with Crippen LogP contribution < -0.4 is 5.32 Å². The van der Waals surface area contributed by atoms with Gasteiger partial charge in [-0.3, -0.25) is 0 Å². The average Bonchev–Trinajstić information content (AvgIpc) is 2.28. The predicted molar refractivity (Wildman–Crippen MR) is 59.1 cm³/mol. The van der Waals surface area contributed by atoms with Gasteiger partial charge in [0.2, 0.25) is 0 Å². The fourth-order valence-corrected chi connectivity index (χ4v) is 2.33. The van der Waals surface area contributed by atoms with Gasteiger partial charge < -0.3 is 5.32 Å². The minimum absolute atomic E-state index is 0.644. The Morgan fingerprint density at radius 2 is 2.31 bits per heavy atom. The SMILES string of the molecule is CC1CNCCc2cc(Br)ccc21. The van der Waals surface area contributed by atoms with Crippen LogP contribution in [0.3, 0.4) is 0 Å². The molecule has 2 heteroatoms. The second-order valence-corrected chi connectivity index (χ2v) is 4.61. The average molecular weight is 240 g/mol. The third-order valence-electron chi connectivity index (χ3n) is 2.66. The van der Waals surface area contributed by atoms with Gasteiger partial charge in [0.05, 0.1) is 0 Å². The number of halogens is 1. The Labute approximate surface area is 87.7 Å². The van der Waals surface area contributed by atoms with Gasteiger partial charge in [0.25, 0.3) is 0 Å². The van der Waals surface area contributed by atoms with Crippen LogP contribution in [0, 0.1) is 0 Å². The molecule has 0 saturated carbocycles. The quantitative estimate of drug-likeness (QED) is 0.735. The fraction of sp³-hybridized carbons (Fsp3) is 0.455. The van der Waals surface area contributed by atoms with Crippen molar-refractivity contribution in [1.29, 1.82) is 0 Å². The molecular formula is C11H14BrN. The third-order valence-corrected chi connectivity index (χ3v) is 3.15. The van der Waals surface area contributed by atoms with Crippen molar-refractivity contribution in [1.82, 2.24) is 5.32 Å². The Bertz CT molecular complexity index is 309. The van der Waals surface area contributed by atoms with E-state index in [9.17, 15) is 0 Å². The van der Waals surface area contributed by atoms with Gasteiger partial charge in [0.15, 0.2) is 0 Å². The highest BCUT2D eigenvalue weighted by Gasteiger charge is 2.13. The van der Waals surface area contributed by atoms with Crippen LogP contribution >= 0.6 is 15.9 Å². The van der Waals surface area contributed by atoms with Crippen molar-refractivity contribution in [3.8, 4) is 0 Å². The second kappa shape index (κ2) is 3.81. The summed E-state index contributed by atoms with van der Waals surface area (Å²) in [6.07, 6.45) is 1.15. The molecule has 0 saturated heterocycles. The number of hydrogen-bond donors (Lipinski definition) is 1. The van der Waals surface area contributed by atoms with Crippen LogP contribution in [-0.4, -0.2) is 13.1 Å². The Morgan fingerprint density at radius 3 is 3.15 bits per heavy atom. The lowest BCUT2D eigenvalue weighted by Crippen LogP contribution is -2.18. The molecular weight excluding hydrogens is 226 g/mol. The molecule has 0 aliphatic carbocycles. The Morgan fingerprint density at radius 1 is 1.46 bits per heavy atom. The molecule has 1 heterocycles. The monoisotopic (exact) mass is 239 g/mol. The summed E-state index contributed by atoms with van der Waals surface area (Å²) in [6.45, 7) is 4.49. The van der Waals surface area contributed by atoms with Crippen molar-refractivity contribution in [2.24, 2.45) is 0 Å². The maximum absolute atomic E-state index is 3.52. The lowest BCUT2D eigenvalue weighted by molar-refractivity contribution is 0.644. The molecule has 0 amide bonds. The minimum atomic E-state index is 0.644. The van der Waals surface area contributed by atoms with E-state index in [1.54, 1.807) is 0 Å². The van der Waals surface area contributed by atoms with Gasteiger partial charge in [-0.05, 0) is 42.1 Å². The number of hydrogen-bond acceptors (Lipinski definition) is 1. The van der Waals surface area contributed by atoms with Gasteiger partial charge in [-0.1, -0.05) is 28.9 Å². The topological polar surface area (TPSA) is 12.0 Å². The van der Waals surface area contributed by atoms with Crippen LogP contribution in [-0.2, 0) is 6.42 Å². The molecule has 1 aromatic carbocycles. The lowest BCUT2D eigenvalue weighted by atomic mass is 9.96. The first-order valence-corrected chi connectivity index (χ1v) is 5.55. The first-order chi connectivity index (χ1) is 6.27. The fourth-order valence-electron chi connectivity index (χ4n) is 1.92. The van der Waals surface area contributed by atoms with E-state index >= 15 is 0 Å². The summed E-state index contributed by atoms with van der Waals surface area (Å²) in [4.78, 5) is 0. The van der Waals surface area contributed by atoms with Gasteiger partial charge in [-0.15, -0.1) is 0 Å². The zero-order valence-electron chi connectivity index (χ0n) is 7.81. The maximum atomic E-state index is 3.52. The predicted octanol–water partition coefficient (Wildman–Crippen LogP) is 2.70. The molecule has 1 N–H and O–H groups in total. The van der Waals surface area contributed by atoms with Gasteiger partial charge in [0.1, 0.15) is 0 Å². The summed E-state index contributed by atoms with van der Waals surface area (Å²) in [6, 6.07) is 6.64. The first kappa shape index (κ1) is 9.22. The Hall–Kier alpha value is -0.340. The molecule has 0 spiro atoms. The first-order valence-electron chi connectivity index (χ1n) is 4.76. The molecule has 0 aromatic heterocycles. The molecule has 1 aliphatic heterocycles. The van der Waals surface area contributed by atoms with E-state index in [0.717, 1.165) is 19.5 Å². The Kier molecular flexibility index (Phi) is 2.70. The van der Waals surface area contributed by atoms with Crippen molar-refractivity contribution in [2.75, 3.05) is 13.1 Å². The summed E-state index contributed by atoms with van der Waals surface area (Å²) in [5.74, 6) is 0.644. The van der Waals surface area contributed by atoms with Gasteiger partial charge in [0, 0.05) is 11.0 Å². The molecule has 2 rings (SSSR count). The normalized spacial score (nSPS) is 22.2. The second-order valence-electron chi connectivity index (χ2n) is 3.70. The van der Waals surface area contributed by atoms with Crippen molar-refractivity contribution >= 4 is 15.9 Å². The van der Waals surface area contributed by atoms with E-state index in [2.05, 4.69) is 46.4 Å². The molecule has 0 radical (unpaired) electrons. The van der Waals surface area contributed by atoms with Gasteiger partial charge in [-0.2, -0.15) is 0 Å².